The highest BCUT2D eigenvalue weighted by Gasteiger charge is 2.18. The third kappa shape index (κ3) is 11.2. The molecule has 0 heteroatoms. The lowest BCUT2D eigenvalue weighted by molar-refractivity contribution is 0.483. The van der Waals surface area contributed by atoms with Crippen LogP contribution in [-0.2, 0) is 0 Å². The van der Waals surface area contributed by atoms with E-state index in [4.69, 9.17) is 0 Å². The van der Waals surface area contributed by atoms with E-state index in [1.54, 1.807) is 0 Å². The maximum Gasteiger partial charge on any atom is 0.0249 e. The molecule has 7 aromatic rings. The normalized spacial score (nSPS) is 12.1. The monoisotopic (exact) mass is 804 g/mol. The van der Waals surface area contributed by atoms with Gasteiger partial charge >= 0.3 is 0 Å². The molecule has 0 aromatic heterocycles. The molecule has 0 N–H and O–H groups in total. The van der Waals surface area contributed by atoms with Crippen LogP contribution >= 0.6 is 0 Å². The van der Waals surface area contributed by atoms with Crippen molar-refractivity contribution in [1.82, 2.24) is 0 Å². The lowest BCUT2D eigenvalue weighted by atomic mass is 9.84. The fraction of sp³-hybridized carbons (Fsp3) is 0.111. The van der Waals surface area contributed by atoms with Crippen LogP contribution in [0.3, 0.4) is 0 Å². The van der Waals surface area contributed by atoms with E-state index in [1.807, 2.05) is 0 Å². The molecule has 63 heavy (non-hydrogen) atoms. The second-order valence-corrected chi connectivity index (χ2v) is 16.8. The zero-order valence-corrected chi connectivity index (χ0v) is 36.6. The van der Waals surface area contributed by atoms with Gasteiger partial charge in [-0.25, -0.2) is 0 Å². The van der Waals surface area contributed by atoms with Gasteiger partial charge in [-0.15, -0.1) is 0 Å². The standard InChI is InChI=1S/C63H48/c1-46-6-12-49(13-7-46)18-21-52-26-34-57(35-27-52)61(58-36-28-53(29-37-58)22-19-50-14-8-47(2)9-15-50)62(59-38-30-54(31-39-59)23-20-51-16-10-48(3)11-17-51)60-40-32-55(33-41-60)24-25-56-42-44-63(4,5)45-43-56/h6-17,26-44H,45H2,1-5H3. The molecule has 0 radical (unpaired) electrons. The summed E-state index contributed by atoms with van der Waals surface area (Å²) in [7, 11) is 0. The summed E-state index contributed by atoms with van der Waals surface area (Å²) in [6.07, 6.45) is 7.62. The van der Waals surface area contributed by atoms with Crippen LogP contribution in [0.15, 0.2) is 194 Å². The van der Waals surface area contributed by atoms with E-state index in [2.05, 4.69) is 270 Å². The van der Waals surface area contributed by atoms with Gasteiger partial charge in [0.15, 0.2) is 0 Å². The lowest BCUT2D eigenvalue weighted by Crippen LogP contribution is -2.08. The van der Waals surface area contributed by atoms with Gasteiger partial charge in [0, 0.05) is 44.5 Å². The number of aryl methyl sites for hydroxylation is 3. The van der Waals surface area contributed by atoms with E-state index in [9.17, 15) is 0 Å². The smallest absolute Gasteiger partial charge is 0.0249 e. The number of rotatable bonds is 4. The number of hydrogen-bond donors (Lipinski definition) is 0. The minimum absolute atomic E-state index is 0.170. The van der Waals surface area contributed by atoms with Gasteiger partial charge in [0.1, 0.15) is 0 Å². The highest BCUT2D eigenvalue weighted by molar-refractivity contribution is 6.04. The van der Waals surface area contributed by atoms with E-state index >= 15 is 0 Å². The Kier molecular flexibility index (Phi) is 12.7. The first kappa shape index (κ1) is 41.7. The molecular formula is C63H48. The molecule has 7 aromatic carbocycles. The average Bonchev–Trinajstić information content (AvgIpc) is 3.31. The molecule has 0 aliphatic heterocycles. The van der Waals surface area contributed by atoms with E-state index < -0.39 is 0 Å². The third-order valence-corrected chi connectivity index (χ3v) is 11.1. The van der Waals surface area contributed by atoms with Crippen molar-refractivity contribution < 1.29 is 0 Å². The molecule has 0 bridgehead atoms. The predicted octanol–water partition coefficient (Wildman–Crippen LogP) is 14.1. The van der Waals surface area contributed by atoms with Crippen LogP contribution in [0.5, 0.6) is 0 Å². The molecule has 8 rings (SSSR count). The minimum Gasteiger partial charge on any atom is -0.0773 e. The summed E-state index contributed by atoms with van der Waals surface area (Å²) < 4.78 is 0. The summed E-state index contributed by atoms with van der Waals surface area (Å²) in [5, 5.41) is 0. The van der Waals surface area contributed by atoms with Crippen molar-refractivity contribution in [2.75, 3.05) is 0 Å². The van der Waals surface area contributed by atoms with Crippen LogP contribution in [0.25, 0.3) is 11.1 Å². The van der Waals surface area contributed by atoms with Gasteiger partial charge in [-0.2, -0.15) is 0 Å². The van der Waals surface area contributed by atoms with Crippen LogP contribution in [0.1, 0.15) is 98.2 Å². The van der Waals surface area contributed by atoms with Gasteiger partial charge in [-0.1, -0.05) is 181 Å². The van der Waals surface area contributed by atoms with Gasteiger partial charge in [-0.05, 0) is 151 Å². The Morgan fingerprint density at radius 3 is 0.810 bits per heavy atom. The topological polar surface area (TPSA) is 0 Å². The zero-order valence-electron chi connectivity index (χ0n) is 36.6. The fourth-order valence-corrected chi connectivity index (χ4v) is 7.20. The second kappa shape index (κ2) is 19.1. The van der Waals surface area contributed by atoms with Crippen molar-refractivity contribution in [2.45, 2.75) is 41.0 Å². The van der Waals surface area contributed by atoms with Gasteiger partial charge in [0.2, 0.25) is 0 Å². The Morgan fingerprint density at radius 1 is 0.333 bits per heavy atom. The summed E-state index contributed by atoms with van der Waals surface area (Å²) in [5.74, 6) is 27.0. The number of allylic oxidation sites excluding steroid dienone is 4. The Hall–Kier alpha value is -8.00. The molecule has 0 amide bonds. The Balaban J connectivity index is 1.24. The Morgan fingerprint density at radius 2 is 0.571 bits per heavy atom. The molecule has 0 heterocycles. The largest absolute Gasteiger partial charge is 0.0773 e. The maximum atomic E-state index is 3.42. The highest BCUT2D eigenvalue weighted by Crippen LogP contribution is 2.37. The summed E-state index contributed by atoms with van der Waals surface area (Å²) in [5.41, 5.74) is 18.2. The molecule has 0 saturated carbocycles. The van der Waals surface area contributed by atoms with Gasteiger partial charge in [0.05, 0.1) is 0 Å². The van der Waals surface area contributed by atoms with Crippen molar-refractivity contribution in [3.05, 3.63) is 272 Å². The van der Waals surface area contributed by atoms with Crippen LogP contribution in [-0.4, -0.2) is 0 Å². The quantitative estimate of drug-likeness (QED) is 0.123. The first-order chi connectivity index (χ1) is 30.6. The van der Waals surface area contributed by atoms with Crippen molar-refractivity contribution in [2.24, 2.45) is 5.41 Å². The molecule has 0 nitrogen and oxygen atoms in total. The predicted molar refractivity (Wildman–Crippen MR) is 265 cm³/mol. The molecule has 0 unspecified atom stereocenters. The molecule has 300 valence electrons. The molecule has 0 saturated heterocycles. The lowest BCUT2D eigenvalue weighted by Gasteiger charge is -2.20. The van der Waals surface area contributed by atoms with Gasteiger partial charge in [0.25, 0.3) is 0 Å². The highest BCUT2D eigenvalue weighted by atomic mass is 14.2. The van der Waals surface area contributed by atoms with Gasteiger partial charge < -0.3 is 0 Å². The van der Waals surface area contributed by atoms with Crippen molar-refractivity contribution >= 4 is 11.1 Å². The Bertz CT molecular complexity index is 2990. The van der Waals surface area contributed by atoms with Crippen LogP contribution < -0.4 is 0 Å². The van der Waals surface area contributed by atoms with Crippen LogP contribution in [0.2, 0.25) is 0 Å². The SMILES string of the molecule is Cc1ccc(C#Cc2ccc(C(=C(c3ccc(C#Cc4ccc(C)cc4)cc3)c3ccc(C#Cc4ccc(C)cc4)cc3)c3ccc(C#CC4=CCC(C)(C)C=C4)cc3)cc2)cc1. The van der Waals surface area contributed by atoms with E-state index in [0.29, 0.717) is 0 Å². The first-order valence-electron chi connectivity index (χ1n) is 21.5. The Labute approximate surface area is 374 Å². The number of benzene rings is 7. The molecule has 0 spiro atoms. The van der Waals surface area contributed by atoms with Crippen LogP contribution in [0, 0.1) is 73.5 Å². The summed E-state index contributed by atoms with van der Waals surface area (Å²) in [6, 6.07) is 59.5. The molecule has 1 aliphatic rings. The second-order valence-electron chi connectivity index (χ2n) is 16.8. The summed E-state index contributed by atoms with van der Waals surface area (Å²) >= 11 is 0. The molecule has 0 fully saturated rings. The van der Waals surface area contributed by atoms with Crippen molar-refractivity contribution in [3.63, 3.8) is 0 Å². The zero-order chi connectivity index (χ0) is 43.6. The van der Waals surface area contributed by atoms with Crippen LogP contribution in [0.4, 0.5) is 0 Å². The van der Waals surface area contributed by atoms with Crippen molar-refractivity contribution in [1.29, 1.82) is 0 Å². The van der Waals surface area contributed by atoms with Gasteiger partial charge in [-0.3, -0.25) is 0 Å². The molecule has 0 atom stereocenters. The van der Waals surface area contributed by atoms with E-state index in [1.165, 1.54) is 16.7 Å². The summed E-state index contributed by atoms with van der Waals surface area (Å²) in [4.78, 5) is 0. The van der Waals surface area contributed by atoms with Crippen molar-refractivity contribution in [3.8, 4) is 47.4 Å². The summed E-state index contributed by atoms with van der Waals surface area (Å²) in [6.45, 7) is 10.8. The maximum absolute atomic E-state index is 3.42. The third-order valence-electron chi connectivity index (χ3n) is 11.1. The first-order valence-corrected chi connectivity index (χ1v) is 21.5. The minimum atomic E-state index is 0.170. The number of hydrogen-bond acceptors (Lipinski definition) is 0. The molecular weight excluding hydrogens is 757 g/mol. The van der Waals surface area contributed by atoms with E-state index in [-0.39, 0.29) is 5.41 Å². The average molecular weight is 805 g/mol. The van der Waals surface area contributed by atoms with E-state index in [0.717, 1.165) is 84.3 Å². The fourth-order valence-electron chi connectivity index (χ4n) is 7.20. The molecule has 1 aliphatic carbocycles.